The Kier molecular flexibility index (Phi) is 5.45. The molecule has 1 aromatic heterocycles. The van der Waals surface area contributed by atoms with Gasteiger partial charge < -0.3 is 10.1 Å². The lowest BCUT2D eigenvalue weighted by atomic mass is 9.95. The molecule has 2 heterocycles. The first-order chi connectivity index (χ1) is 16.4. The van der Waals surface area contributed by atoms with Gasteiger partial charge in [-0.3, -0.25) is 14.4 Å². The maximum absolute atomic E-state index is 12.9. The number of hydrogen-bond acceptors (Lipinski definition) is 5. The number of nitrogens with zero attached hydrogens (tertiary/aromatic N) is 2. The predicted octanol–water partition coefficient (Wildman–Crippen LogP) is 3.54. The number of nitrogens with one attached hydrogen (secondary N) is 1. The van der Waals surface area contributed by atoms with Crippen LogP contribution in [0.25, 0.3) is 21.9 Å². The summed E-state index contributed by atoms with van der Waals surface area (Å²) < 4.78 is 7.21. The van der Waals surface area contributed by atoms with E-state index in [-0.39, 0.29) is 29.0 Å². The van der Waals surface area contributed by atoms with Crippen molar-refractivity contribution in [2.24, 2.45) is 7.05 Å². The number of aryl methyl sites for hydroxylation is 1. The van der Waals surface area contributed by atoms with E-state index in [1.165, 1.54) is 11.7 Å². The second-order valence-electron chi connectivity index (χ2n) is 8.40. The highest BCUT2D eigenvalue weighted by atomic mass is 16.5. The third-order valence-corrected chi connectivity index (χ3v) is 6.08. The van der Waals surface area contributed by atoms with Crippen LogP contribution in [-0.2, 0) is 13.5 Å². The van der Waals surface area contributed by atoms with Gasteiger partial charge in [-0.25, -0.2) is 4.68 Å². The number of fused-ring (bicyclic) bond motifs is 2. The Hall–Kier alpha value is -4.26. The van der Waals surface area contributed by atoms with Crippen molar-refractivity contribution in [1.29, 1.82) is 0 Å². The van der Waals surface area contributed by atoms with Gasteiger partial charge in [0.15, 0.2) is 11.5 Å². The first-order valence-electron chi connectivity index (χ1n) is 11.1. The van der Waals surface area contributed by atoms with E-state index in [9.17, 15) is 14.4 Å². The largest absolute Gasteiger partial charge is 0.488 e. The summed E-state index contributed by atoms with van der Waals surface area (Å²) in [6.45, 7) is 1.86. The third-order valence-electron chi connectivity index (χ3n) is 6.08. The molecule has 1 N–H and O–H groups in total. The molecule has 0 fully saturated rings. The average molecular weight is 453 g/mol. The van der Waals surface area contributed by atoms with Gasteiger partial charge in [-0.05, 0) is 41.8 Å². The molecule has 1 aliphatic heterocycles. The van der Waals surface area contributed by atoms with Crippen LogP contribution in [0, 0.1) is 0 Å². The molecule has 1 aliphatic rings. The zero-order valence-electron chi connectivity index (χ0n) is 18.9. The highest BCUT2D eigenvalue weighted by Crippen LogP contribution is 2.34. The van der Waals surface area contributed by atoms with Crippen molar-refractivity contribution in [2.45, 2.75) is 19.4 Å². The number of aromatic nitrogens is 2. The predicted molar refractivity (Wildman–Crippen MR) is 129 cm³/mol. The standard InChI is InChI=1S/C27H23N3O4/c1-16(31)20-7-3-4-8-21(20)17-11-12-24-18(13-17)14-19(34-24)15-28-26(32)25-22-9-5-6-10-23(22)27(33)30(2)29-25/h3-13,19H,14-15H2,1-2H3,(H,28,32). The molecule has 0 saturated heterocycles. The number of carbonyl (C=O) groups is 2. The van der Waals surface area contributed by atoms with Gasteiger partial charge in [-0.15, -0.1) is 0 Å². The van der Waals surface area contributed by atoms with Gasteiger partial charge in [0.25, 0.3) is 11.5 Å². The number of carbonyl (C=O) groups excluding carboxylic acids is 2. The maximum Gasteiger partial charge on any atom is 0.274 e. The molecule has 0 aliphatic carbocycles. The summed E-state index contributed by atoms with van der Waals surface area (Å²) in [5, 5.41) is 8.05. The molecule has 0 bridgehead atoms. The normalized spacial score (nSPS) is 14.5. The summed E-state index contributed by atoms with van der Waals surface area (Å²) in [6.07, 6.45) is 0.406. The highest BCUT2D eigenvalue weighted by molar-refractivity contribution is 6.04. The Morgan fingerprint density at radius 2 is 1.79 bits per heavy atom. The van der Waals surface area contributed by atoms with Crippen LogP contribution in [-0.4, -0.2) is 34.1 Å². The van der Waals surface area contributed by atoms with Gasteiger partial charge in [0, 0.05) is 24.4 Å². The lowest BCUT2D eigenvalue weighted by Gasteiger charge is -2.13. The number of rotatable bonds is 5. The number of Topliss-reactive ketones (excluding diaryl/α,β-unsaturated/α-hetero) is 1. The van der Waals surface area contributed by atoms with Crippen molar-refractivity contribution in [3.63, 3.8) is 0 Å². The molecule has 5 rings (SSSR count). The molecule has 3 aromatic carbocycles. The second-order valence-corrected chi connectivity index (χ2v) is 8.40. The van der Waals surface area contributed by atoms with E-state index in [0.29, 0.717) is 29.3 Å². The van der Waals surface area contributed by atoms with E-state index in [1.54, 1.807) is 31.2 Å². The topological polar surface area (TPSA) is 90.3 Å². The fourth-order valence-electron chi connectivity index (χ4n) is 4.40. The molecule has 34 heavy (non-hydrogen) atoms. The van der Waals surface area contributed by atoms with E-state index in [0.717, 1.165) is 22.4 Å². The van der Waals surface area contributed by atoms with Crippen molar-refractivity contribution in [3.8, 4) is 16.9 Å². The van der Waals surface area contributed by atoms with E-state index < -0.39 is 0 Å². The zero-order valence-corrected chi connectivity index (χ0v) is 18.9. The number of ketones is 1. The zero-order chi connectivity index (χ0) is 23.8. The number of amides is 1. The Morgan fingerprint density at radius 1 is 1.06 bits per heavy atom. The van der Waals surface area contributed by atoms with Crippen molar-refractivity contribution in [2.75, 3.05) is 6.54 Å². The molecule has 1 atom stereocenters. The Morgan fingerprint density at radius 3 is 2.59 bits per heavy atom. The van der Waals surface area contributed by atoms with Crippen molar-refractivity contribution < 1.29 is 14.3 Å². The molecule has 1 unspecified atom stereocenters. The van der Waals surface area contributed by atoms with Gasteiger partial charge in [-0.1, -0.05) is 48.5 Å². The van der Waals surface area contributed by atoms with E-state index in [4.69, 9.17) is 4.74 Å². The monoisotopic (exact) mass is 453 g/mol. The van der Waals surface area contributed by atoms with E-state index in [1.807, 2.05) is 42.5 Å². The first-order valence-corrected chi connectivity index (χ1v) is 11.1. The van der Waals surface area contributed by atoms with Crippen molar-refractivity contribution >= 4 is 22.5 Å². The minimum Gasteiger partial charge on any atom is -0.488 e. The van der Waals surface area contributed by atoms with E-state index in [2.05, 4.69) is 10.4 Å². The molecule has 4 aromatic rings. The highest BCUT2D eigenvalue weighted by Gasteiger charge is 2.25. The van der Waals surface area contributed by atoms with Crippen LogP contribution >= 0.6 is 0 Å². The summed E-state index contributed by atoms with van der Waals surface area (Å²) in [6, 6.07) is 20.4. The molecule has 7 nitrogen and oxygen atoms in total. The first kappa shape index (κ1) is 21.6. The lowest BCUT2D eigenvalue weighted by molar-refractivity contribution is 0.0927. The molecule has 0 radical (unpaired) electrons. The summed E-state index contributed by atoms with van der Waals surface area (Å²) in [5.74, 6) is 0.434. The maximum atomic E-state index is 12.9. The molecule has 7 heteroatoms. The molecule has 0 saturated carbocycles. The van der Waals surface area contributed by atoms with Gasteiger partial charge in [0.1, 0.15) is 11.9 Å². The minimum absolute atomic E-state index is 0.0208. The number of hydrogen-bond donors (Lipinski definition) is 1. The van der Waals surface area contributed by atoms with Crippen LogP contribution in [0.1, 0.15) is 33.3 Å². The van der Waals surface area contributed by atoms with Gasteiger partial charge >= 0.3 is 0 Å². The summed E-state index contributed by atoms with van der Waals surface area (Å²) in [4.78, 5) is 37.3. The smallest absolute Gasteiger partial charge is 0.274 e. The van der Waals surface area contributed by atoms with Crippen LogP contribution in [0.4, 0.5) is 0 Å². The van der Waals surface area contributed by atoms with E-state index >= 15 is 0 Å². The molecular weight excluding hydrogens is 430 g/mol. The quantitative estimate of drug-likeness (QED) is 0.467. The second kappa shape index (κ2) is 8.59. The molecule has 1 amide bonds. The minimum atomic E-state index is -0.359. The Balaban J connectivity index is 1.32. The fourth-order valence-corrected chi connectivity index (χ4v) is 4.40. The van der Waals surface area contributed by atoms with Crippen LogP contribution < -0.4 is 15.6 Å². The molecule has 170 valence electrons. The summed E-state index contributed by atoms with van der Waals surface area (Å²) in [7, 11) is 1.53. The van der Waals surface area contributed by atoms with Crippen LogP contribution in [0.15, 0.2) is 71.5 Å². The number of benzene rings is 3. The Labute approximate surface area is 196 Å². The Bertz CT molecular complexity index is 1510. The van der Waals surface area contributed by atoms with Gasteiger partial charge in [0.2, 0.25) is 0 Å². The summed E-state index contributed by atoms with van der Waals surface area (Å²) >= 11 is 0. The van der Waals surface area contributed by atoms with Crippen LogP contribution in [0.2, 0.25) is 0 Å². The van der Waals surface area contributed by atoms with Crippen molar-refractivity contribution in [1.82, 2.24) is 15.1 Å². The van der Waals surface area contributed by atoms with Crippen LogP contribution in [0.5, 0.6) is 5.75 Å². The van der Waals surface area contributed by atoms with Gasteiger partial charge in [-0.2, -0.15) is 5.10 Å². The van der Waals surface area contributed by atoms with Crippen LogP contribution in [0.3, 0.4) is 0 Å². The summed E-state index contributed by atoms with van der Waals surface area (Å²) in [5.41, 5.74) is 3.52. The van der Waals surface area contributed by atoms with Gasteiger partial charge in [0.05, 0.1) is 11.9 Å². The van der Waals surface area contributed by atoms with Crippen molar-refractivity contribution in [3.05, 3.63) is 93.9 Å². The molecular formula is C27H23N3O4. The third kappa shape index (κ3) is 3.85. The average Bonchev–Trinajstić information content (AvgIpc) is 3.27. The lowest BCUT2D eigenvalue weighted by Crippen LogP contribution is -2.36. The fraction of sp³-hybridized carbons (Fsp3) is 0.185. The SMILES string of the molecule is CC(=O)c1ccccc1-c1ccc2c(c1)CC(CNC(=O)c1nn(C)c(=O)c3ccccc13)O2. The molecule has 0 spiro atoms. The number of ether oxygens (including phenoxy) is 1.